The van der Waals surface area contributed by atoms with Crippen molar-refractivity contribution in [2.75, 3.05) is 19.6 Å². The van der Waals surface area contributed by atoms with Gasteiger partial charge in [0.1, 0.15) is 0 Å². The lowest BCUT2D eigenvalue weighted by molar-refractivity contribution is -0.148. The Balaban J connectivity index is 1.38. The smallest absolute Gasteiger partial charge is 0.358 e. The van der Waals surface area contributed by atoms with Crippen molar-refractivity contribution in [2.24, 2.45) is 5.92 Å². The predicted molar refractivity (Wildman–Crippen MR) is 107 cm³/mol. The van der Waals surface area contributed by atoms with E-state index < -0.39 is 12.7 Å². The summed E-state index contributed by atoms with van der Waals surface area (Å²) < 4.78 is 37.6. The molecule has 0 bridgehead atoms. The molecule has 2 aliphatic rings. The van der Waals surface area contributed by atoms with Crippen LogP contribution in [0.3, 0.4) is 0 Å². The maximum Gasteiger partial charge on any atom is 0.401 e. The number of likely N-dealkylation sites (tertiary alicyclic amines) is 1. The minimum atomic E-state index is -4.15. The van der Waals surface area contributed by atoms with Crippen LogP contribution in [0.15, 0.2) is 18.2 Å². The molecule has 1 amide bonds. The zero-order valence-electron chi connectivity index (χ0n) is 16.7. The Labute approximate surface area is 168 Å². The summed E-state index contributed by atoms with van der Waals surface area (Å²) in [7, 11) is 0. The number of halogens is 3. The molecule has 2 N–H and O–H groups in total. The molecule has 4 rings (SSSR count). The van der Waals surface area contributed by atoms with Crippen molar-refractivity contribution in [2.45, 2.75) is 57.7 Å². The summed E-state index contributed by atoms with van der Waals surface area (Å²) in [4.78, 5) is 17.7. The predicted octanol–water partition coefficient (Wildman–Crippen LogP) is 4.44. The molecule has 1 aromatic heterocycles. The lowest BCUT2D eigenvalue weighted by atomic mass is 9.90. The van der Waals surface area contributed by atoms with Gasteiger partial charge in [-0.2, -0.15) is 13.2 Å². The third kappa shape index (κ3) is 4.60. The number of fused-ring (bicyclic) bond motifs is 3. The SMILES string of the molecule is C[C@H](NC(=O)c1ccc2[nH]c3c(c2c1)CCCC3)C1CCN(CC(F)(F)F)CC1. The van der Waals surface area contributed by atoms with Crippen molar-refractivity contribution in [1.82, 2.24) is 15.2 Å². The highest BCUT2D eigenvalue weighted by Gasteiger charge is 2.33. The molecule has 29 heavy (non-hydrogen) atoms. The maximum absolute atomic E-state index is 12.8. The molecular formula is C22H28F3N3O. The Morgan fingerprint density at radius 2 is 1.97 bits per heavy atom. The number of benzene rings is 1. The normalized spacial score (nSPS) is 19.9. The zero-order chi connectivity index (χ0) is 20.6. The van der Waals surface area contributed by atoms with Crippen LogP contribution in [-0.2, 0) is 12.8 Å². The van der Waals surface area contributed by atoms with Crippen LogP contribution in [0.25, 0.3) is 10.9 Å². The molecule has 1 saturated heterocycles. The van der Waals surface area contributed by atoms with E-state index in [1.807, 2.05) is 25.1 Å². The summed E-state index contributed by atoms with van der Waals surface area (Å²) in [5.74, 6) is 0.0927. The van der Waals surface area contributed by atoms with Crippen LogP contribution < -0.4 is 5.32 Å². The number of rotatable bonds is 4. The topological polar surface area (TPSA) is 48.1 Å². The summed E-state index contributed by atoms with van der Waals surface area (Å²) in [6.45, 7) is 1.96. The number of hydrogen-bond donors (Lipinski definition) is 2. The van der Waals surface area contributed by atoms with E-state index in [1.54, 1.807) is 0 Å². The number of aromatic nitrogens is 1. The fourth-order valence-electron chi connectivity index (χ4n) is 4.82. The summed E-state index contributed by atoms with van der Waals surface area (Å²) in [5, 5.41) is 4.22. The first-order valence-electron chi connectivity index (χ1n) is 10.5. The van der Waals surface area contributed by atoms with E-state index in [2.05, 4.69) is 10.3 Å². The highest BCUT2D eigenvalue weighted by Crippen LogP contribution is 2.30. The Morgan fingerprint density at radius 3 is 2.69 bits per heavy atom. The van der Waals surface area contributed by atoms with E-state index in [4.69, 9.17) is 0 Å². The molecule has 1 atom stereocenters. The molecular weight excluding hydrogens is 379 g/mol. The number of hydrogen-bond acceptors (Lipinski definition) is 2. The Bertz CT molecular complexity index is 881. The highest BCUT2D eigenvalue weighted by molar-refractivity contribution is 5.99. The second-order valence-electron chi connectivity index (χ2n) is 8.54. The Kier molecular flexibility index (Phi) is 5.60. The van der Waals surface area contributed by atoms with Crippen molar-refractivity contribution in [1.29, 1.82) is 0 Å². The second-order valence-corrected chi connectivity index (χ2v) is 8.54. The fourth-order valence-corrected chi connectivity index (χ4v) is 4.82. The van der Waals surface area contributed by atoms with Crippen molar-refractivity contribution in [3.8, 4) is 0 Å². The molecule has 4 nitrogen and oxygen atoms in total. The molecule has 1 aromatic carbocycles. The summed E-state index contributed by atoms with van der Waals surface area (Å²) in [6.07, 6.45) is 1.68. The van der Waals surface area contributed by atoms with Gasteiger partial charge in [-0.3, -0.25) is 9.69 Å². The van der Waals surface area contributed by atoms with Gasteiger partial charge in [0, 0.05) is 28.2 Å². The number of alkyl halides is 3. The van der Waals surface area contributed by atoms with E-state index >= 15 is 0 Å². The number of carbonyl (C=O) groups excluding carboxylic acids is 1. The number of nitrogens with one attached hydrogen (secondary N) is 2. The quantitative estimate of drug-likeness (QED) is 0.787. The van der Waals surface area contributed by atoms with Gasteiger partial charge in [0.15, 0.2) is 0 Å². The van der Waals surface area contributed by atoms with Gasteiger partial charge in [-0.25, -0.2) is 0 Å². The largest absolute Gasteiger partial charge is 0.401 e. The summed E-state index contributed by atoms with van der Waals surface area (Å²) >= 11 is 0. The lowest BCUT2D eigenvalue weighted by Gasteiger charge is -2.35. The second kappa shape index (κ2) is 8.01. The molecule has 0 radical (unpaired) electrons. The minimum absolute atomic E-state index is 0.0635. The van der Waals surface area contributed by atoms with Crippen LogP contribution in [0.5, 0.6) is 0 Å². The molecule has 1 aliphatic carbocycles. The van der Waals surface area contributed by atoms with Crippen LogP contribution in [0.4, 0.5) is 13.2 Å². The van der Waals surface area contributed by atoms with Crippen molar-refractivity contribution >= 4 is 16.8 Å². The van der Waals surface area contributed by atoms with Crippen molar-refractivity contribution in [3.63, 3.8) is 0 Å². The standard InChI is InChI=1S/C22H28F3N3O/c1-14(15-8-10-28(11-9-15)13-22(23,24)25)26-21(29)16-6-7-20-18(12-16)17-4-2-3-5-19(17)27-20/h6-7,12,14-15,27H,2-5,8-11,13H2,1H3,(H,26,29)/t14-/m0/s1. The Hall–Kier alpha value is -2.02. The highest BCUT2D eigenvalue weighted by atomic mass is 19.4. The van der Waals surface area contributed by atoms with Crippen LogP contribution in [-0.4, -0.2) is 47.6 Å². The van der Waals surface area contributed by atoms with Gasteiger partial charge in [0.2, 0.25) is 0 Å². The van der Waals surface area contributed by atoms with E-state index in [-0.39, 0.29) is 17.9 Å². The first-order chi connectivity index (χ1) is 13.8. The number of aromatic amines is 1. The van der Waals surface area contributed by atoms with Gasteiger partial charge in [0.25, 0.3) is 5.91 Å². The molecule has 7 heteroatoms. The number of nitrogens with zero attached hydrogens (tertiary/aromatic N) is 1. The molecule has 0 saturated carbocycles. The molecule has 158 valence electrons. The third-order valence-electron chi connectivity index (χ3n) is 6.46. The first kappa shape index (κ1) is 20.3. The molecule has 1 aliphatic heterocycles. The van der Waals surface area contributed by atoms with Crippen LogP contribution in [0.2, 0.25) is 0 Å². The van der Waals surface area contributed by atoms with Gasteiger partial charge in [-0.05, 0) is 88.2 Å². The van der Waals surface area contributed by atoms with Gasteiger partial charge in [-0.15, -0.1) is 0 Å². The molecule has 0 unspecified atom stereocenters. The summed E-state index contributed by atoms with van der Waals surface area (Å²) in [5.41, 5.74) is 4.36. The van der Waals surface area contributed by atoms with E-state index in [0.29, 0.717) is 31.5 Å². The minimum Gasteiger partial charge on any atom is -0.358 e. The number of piperidine rings is 1. The van der Waals surface area contributed by atoms with E-state index in [0.717, 1.165) is 23.7 Å². The number of aryl methyl sites for hydroxylation is 2. The maximum atomic E-state index is 12.8. The monoisotopic (exact) mass is 407 g/mol. The number of carbonyl (C=O) groups is 1. The molecule has 2 aromatic rings. The van der Waals surface area contributed by atoms with Crippen molar-refractivity contribution in [3.05, 3.63) is 35.0 Å². The van der Waals surface area contributed by atoms with Crippen LogP contribution in [0.1, 0.15) is 54.2 Å². The van der Waals surface area contributed by atoms with Gasteiger partial charge in [0.05, 0.1) is 6.54 Å². The zero-order valence-corrected chi connectivity index (χ0v) is 16.7. The van der Waals surface area contributed by atoms with E-state index in [1.165, 1.54) is 29.0 Å². The number of H-pyrrole nitrogens is 1. The van der Waals surface area contributed by atoms with Crippen LogP contribution >= 0.6 is 0 Å². The van der Waals surface area contributed by atoms with Gasteiger partial charge >= 0.3 is 6.18 Å². The van der Waals surface area contributed by atoms with Crippen molar-refractivity contribution < 1.29 is 18.0 Å². The van der Waals surface area contributed by atoms with Crippen LogP contribution in [0, 0.1) is 5.92 Å². The molecule has 1 fully saturated rings. The fraction of sp³-hybridized carbons (Fsp3) is 0.591. The first-order valence-corrected chi connectivity index (χ1v) is 10.5. The third-order valence-corrected chi connectivity index (χ3v) is 6.46. The number of amides is 1. The lowest BCUT2D eigenvalue weighted by Crippen LogP contribution is -2.46. The van der Waals surface area contributed by atoms with Gasteiger partial charge in [-0.1, -0.05) is 0 Å². The Morgan fingerprint density at radius 1 is 1.24 bits per heavy atom. The average Bonchev–Trinajstić information content (AvgIpc) is 3.05. The molecule has 0 spiro atoms. The van der Waals surface area contributed by atoms with E-state index in [9.17, 15) is 18.0 Å². The summed E-state index contributed by atoms with van der Waals surface area (Å²) in [6, 6.07) is 5.73. The average molecular weight is 407 g/mol. The molecule has 2 heterocycles. The van der Waals surface area contributed by atoms with Gasteiger partial charge < -0.3 is 10.3 Å².